The standard InChI is InChI=1S/C16H12F3N3O5/c17-16(18,19)11-3-1-2-4-13(11)21-14(23)8-27-15(24)10-7-9(22(25)26)5-6-12(10)20/h1-7H,8,20H2,(H,21,23). The minimum atomic E-state index is -4.68. The second kappa shape index (κ2) is 7.72. The van der Waals surface area contributed by atoms with Gasteiger partial charge in [-0.2, -0.15) is 13.2 Å². The summed E-state index contributed by atoms with van der Waals surface area (Å²) in [5, 5.41) is 12.7. The molecular weight excluding hydrogens is 371 g/mol. The number of anilines is 2. The molecule has 142 valence electrons. The van der Waals surface area contributed by atoms with Crippen LogP contribution in [0.3, 0.4) is 0 Å². The molecule has 8 nitrogen and oxygen atoms in total. The summed E-state index contributed by atoms with van der Waals surface area (Å²) in [5.74, 6) is -2.15. The summed E-state index contributed by atoms with van der Waals surface area (Å²) in [6, 6.07) is 7.34. The molecule has 2 aromatic carbocycles. The van der Waals surface area contributed by atoms with Gasteiger partial charge in [-0.05, 0) is 18.2 Å². The third-order valence-corrected chi connectivity index (χ3v) is 3.31. The Morgan fingerprint density at radius 2 is 1.85 bits per heavy atom. The molecule has 0 aromatic heterocycles. The van der Waals surface area contributed by atoms with Crippen LogP contribution >= 0.6 is 0 Å². The predicted molar refractivity (Wildman–Crippen MR) is 87.9 cm³/mol. The third kappa shape index (κ3) is 4.93. The number of hydrogen-bond donors (Lipinski definition) is 2. The number of nitro benzene ring substituents is 1. The fraction of sp³-hybridized carbons (Fsp3) is 0.125. The van der Waals surface area contributed by atoms with E-state index in [1.807, 2.05) is 5.32 Å². The van der Waals surface area contributed by atoms with Gasteiger partial charge in [-0.3, -0.25) is 14.9 Å². The van der Waals surface area contributed by atoms with Crippen LogP contribution in [-0.4, -0.2) is 23.4 Å². The molecule has 0 aliphatic heterocycles. The maximum Gasteiger partial charge on any atom is 0.418 e. The van der Waals surface area contributed by atoms with Crippen LogP contribution in [0.5, 0.6) is 0 Å². The number of esters is 1. The second-order valence-corrected chi connectivity index (χ2v) is 5.20. The average molecular weight is 383 g/mol. The van der Waals surface area contributed by atoms with Crippen LogP contribution in [0.4, 0.5) is 30.2 Å². The zero-order valence-corrected chi connectivity index (χ0v) is 13.4. The minimum Gasteiger partial charge on any atom is -0.452 e. The average Bonchev–Trinajstić information content (AvgIpc) is 2.59. The fourth-order valence-corrected chi connectivity index (χ4v) is 2.07. The Labute approximate surface area is 149 Å². The van der Waals surface area contributed by atoms with Gasteiger partial charge in [0.25, 0.3) is 11.6 Å². The third-order valence-electron chi connectivity index (χ3n) is 3.31. The van der Waals surface area contributed by atoms with Crippen LogP contribution in [0, 0.1) is 10.1 Å². The van der Waals surface area contributed by atoms with Gasteiger partial charge in [0.15, 0.2) is 6.61 Å². The monoisotopic (exact) mass is 383 g/mol. The summed E-state index contributed by atoms with van der Waals surface area (Å²) in [6.07, 6.45) is -4.68. The first-order valence-electron chi connectivity index (χ1n) is 7.26. The van der Waals surface area contributed by atoms with Gasteiger partial charge in [-0.15, -0.1) is 0 Å². The minimum absolute atomic E-state index is 0.117. The van der Waals surface area contributed by atoms with E-state index in [1.54, 1.807) is 0 Å². The lowest BCUT2D eigenvalue weighted by atomic mass is 10.1. The van der Waals surface area contributed by atoms with Crippen molar-refractivity contribution in [1.29, 1.82) is 0 Å². The van der Waals surface area contributed by atoms with E-state index in [1.165, 1.54) is 6.07 Å². The Morgan fingerprint density at radius 3 is 2.48 bits per heavy atom. The van der Waals surface area contributed by atoms with Crippen molar-refractivity contribution in [3.63, 3.8) is 0 Å². The molecule has 27 heavy (non-hydrogen) atoms. The Balaban J connectivity index is 2.06. The number of halogens is 3. The number of nitrogens with zero attached hydrogens (tertiary/aromatic N) is 1. The van der Waals surface area contributed by atoms with Crippen molar-refractivity contribution in [3.8, 4) is 0 Å². The maximum absolute atomic E-state index is 12.9. The van der Waals surface area contributed by atoms with Crippen LogP contribution in [-0.2, 0) is 15.7 Å². The fourth-order valence-electron chi connectivity index (χ4n) is 2.07. The van der Waals surface area contributed by atoms with E-state index in [-0.39, 0.29) is 11.3 Å². The molecule has 0 unspecified atom stereocenters. The van der Waals surface area contributed by atoms with E-state index in [0.717, 1.165) is 36.4 Å². The number of nitrogens with two attached hydrogens (primary N) is 1. The van der Waals surface area contributed by atoms with Crippen molar-refractivity contribution < 1.29 is 32.4 Å². The first-order chi connectivity index (χ1) is 12.6. The number of carbonyl (C=O) groups is 2. The van der Waals surface area contributed by atoms with Crippen LogP contribution in [0.1, 0.15) is 15.9 Å². The number of hydrogen-bond acceptors (Lipinski definition) is 6. The summed E-state index contributed by atoms with van der Waals surface area (Å²) in [4.78, 5) is 33.7. The molecule has 0 bridgehead atoms. The molecule has 0 aliphatic carbocycles. The highest BCUT2D eigenvalue weighted by atomic mass is 19.4. The molecule has 2 rings (SSSR count). The number of nitrogen functional groups attached to an aromatic ring is 1. The molecule has 0 fully saturated rings. The largest absolute Gasteiger partial charge is 0.452 e. The van der Waals surface area contributed by atoms with E-state index in [0.29, 0.717) is 0 Å². The van der Waals surface area contributed by atoms with E-state index in [4.69, 9.17) is 5.73 Å². The molecule has 3 N–H and O–H groups in total. The van der Waals surface area contributed by atoms with Gasteiger partial charge >= 0.3 is 12.1 Å². The second-order valence-electron chi connectivity index (χ2n) is 5.20. The van der Waals surface area contributed by atoms with Crippen molar-refractivity contribution in [1.82, 2.24) is 0 Å². The molecule has 1 amide bonds. The van der Waals surface area contributed by atoms with Gasteiger partial charge < -0.3 is 15.8 Å². The quantitative estimate of drug-likeness (QED) is 0.354. The molecule has 0 aliphatic rings. The highest BCUT2D eigenvalue weighted by Gasteiger charge is 2.33. The number of para-hydroxylation sites is 1. The lowest BCUT2D eigenvalue weighted by Gasteiger charge is -2.13. The number of ether oxygens (including phenoxy) is 1. The number of benzene rings is 2. The highest BCUT2D eigenvalue weighted by Crippen LogP contribution is 2.34. The van der Waals surface area contributed by atoms with Gasteiger partial charge in [0.2, 0.25) is 0 Å². The van der Waals surface area contributed by atoms with Crippen LogP contribution in [0.25, 0.3) is 0 Å². The molecule has 2 aromatic rings. The van der Waals surface area contributed by atoms with Crippen LogP contribution < -0.4 is 11.1 Å². The Kier molecular flexibility index (Phi) is 5.63. The van der Waals surface area contributed by atoms with Crippen molar-refractivity contribution in [3.05, 3.63) is 63.7 Å². The van der Waals surface area contributed by atoms with Gasteiger partial charge in [0, 0.05) is 17.8 Å². The Morgan fingerprint density at radius 1 is 1.19 bits per heavy atom. The number of nitro groups is 1. The van der Waals surface area contributed by atoms with E-state index in [2.05, 4.69) is 4.74 Å². The lowest BCUT2D eigenvalue weighted by Crippen LogP contribution is -2.23. The first-order valence-corrected chi connectivity index (χ1v) is 7.26. The van der Waals surface area contributed by atoms with Crippen LogP contribution in [0.15, 0.2) is 42.5 Å². The molecule has 0 saturated heterocycles. The zero-order valence-electron chi connectivity index (χ0n) is 13.4. The number of carbonyl (C=O) groups excluding carboxylic acids is 2. The molecular formula is C16H12F3N3O5. The zero-order chi connectivity index (χ0) is 20.2. The summed E-state index contributed by atoms with van der Waals surface area (Å²) < 4.78 is 43.3. The van der Waals surface area contributed by atoms with E-state index < -0.39 is 46.5 Å². The van der Waals surface area contributed by atoms with E-state index >= 15 is 0 Å². The van der Waals surface area contributed by atoms with Crippen molar-refractivity contribution in [2.45, 2.75) is 6.18 Å². The number of non-ortho nitro benzene ring substituents is 1. The van der Waals surface area contributed by atoms with Gasteiger partial charge in [-0.25, -0.2) is 4.79 Å². The van der Waals surface area contributed by atoms with E-state index in [9.17, 15) is 32.9 Å². The summed E-state index contributed by atoms with van der Waals surface area (Å²) in [7, 11) is 0. The lowest BCUT2D eigenvalue weighted by molar-refractivity contribution is -0.384. The Hall–Kier alpha value is -3.63. The predicted octanol–water partition coefficient (Wildman–Crippen LogP) is 2.99. The first kappa shape index (κ1) is 19.7. The molecule has 0 spiro atoms. The summed E-state index contributed by atoms with van der Waals surface area (Å²) in [5.41, 5.74) is 3.10. The van der Waals surface area contributed by atoms with Crippen molar-refractivity contribution >= 4 is 28.9 Å². The summed E-state index contributed by atoms with van der Waals surface area (Å²) in [6.45, 7) is -0.910. The van der Waals surface area contributed by atoms with Gasteiger partial charge in [-0.1, -0.05) is 12.1 Å². The summed E-state index contributed by atoms with van der Waals surface area (Å²) >= 11 is 0. The topological polar surface area (TPSA) is 125 Å². The molecule has 0 atom stereocenters. The number of amides is 1. The van der Waals surface area contributed by atoms with Crippen molar-refractivity contribution in [2.75, 3.05) is 17.7 Å². The smallest absolute Gasteiger partial charge is 0.418 e. The molecule has 0 radical (unpaired) electrons. The number of nitrogens with one attached hydrogen (secondary N) is 1. The van der Waals surface area contributed by atoms with Gasteiger partial charge in [0.05, 0.1) is 21.7 Å². The van der Waals surface area contributed by atoms with Crippen molar-refractivity contribution in [2.24, 2.45) is 0 Å². The molecule has 0 heterocycles. The van der Waals surface area contributed by atoms with Gasteiger partial charge in [0.1, 0.15) is 0 Å². The SMILES string of the molecule is Nc1ccc([N+](=O)[O-])cc1C(=O)OCC(=O)Nc1ccccc1C(F)(F)F. The number of rotatable bonds is 5. The van der Waals surface area contributed by atoms with Crippen LogP contribution in [0.2, 0.25) is 0 Å². The molecule has 0 saturated carbocycles. The number of alkyl halides is 3. The highest BCUT2D eigenvalue weighted by molar-refractivity contribution is 5.98. The maximum atomic E-state index is 12.9. The molecule has 11 heteroatoms. The normalized spacial score (nSPS) is 10.9. The Bertz CT molecular complexity index is 899.